The zero-order valence-electron chi connectivity index (χ0n) is 10.7. The molecule has 1 saturated heterocycles. The number of ether oxygens (including phenoxy) is 1. The smallest absolute Gasteiger partial charge is 0.0857 e. The number of nitrogens with zero attached hydrogens (tertiary/aromatic N) is 2. The molecule has 4 nitrogen and oxygen atoms in total. The standard InChI is InChI=1S/C13H22N2O2/c1-3-10-8-11(15(4-2)14-10)9-12(16)13-6-5-7-17-13/h8,12-13,16H,3-7,9H2,1-2H3. The summed E-state index contributed by atoms with van der Waals surface area (Å²) in [6, 6.07) is 2.10. The maximum absolute atomic E-state index is 10.1. The Morgan fingerprint density at radius 2 is 2.41 bits per heavy atom. The predicted octanol–water partition coefficient (Wildman–Crippen LogP) is 1.55. The van der Waals surface area contributed by atoms with Gasteiger partial charge in [-0.2, -0.15) is 5.10 Å². The maximum Gasteiger partial charge on any atom is 0.0857 e. The van der Waals surface area contributed by atoms with Crippen molar-refractivity contribution >= 4 is 0 Å². The third-order valence-corrected chi connectivity index (χ3v) is 3.39. The highest BCUT2D eigenvalue weighted by Crippen LogP contribution is 2.19. The molecule has 1 aliphatic rings. The molecule has 1 N–H and O–H groups in total. The minimum atomic E-state index is -0.399. The van der Waals surface area contributed by atoms with Gasteiger partial charge in [0.15, 0.2) is 0 Å². The average Bonchev–Trinajstić information content (AvgIpc) is 2.97. The SMILES string of the molecule is CCc1cc(CC(O)C2CCCO2)n(CC)n1. The van der Waals surface area contributed by atoms with Crippen LogP contribution in [0.4, 0.5) is 0 Å². The molecule has 1 fully saturated rings. The first-order valence-electron chi connectivity index (χ1n) is 6.59. The van der Waals surface area contributed by atoms with Gasteiger partial charge in [0, 0.05) is 25.3 Å². The second-order valence-corrected chi connectivity index (χ2v) is 4.62. The fraction of sp³-hybridized carbons (Fsp3) is 0.769. The number of hydrogen-bond acceptors (Lipinski definition) is 3. The van der Waals surface area contributed by atoms with Crippen LogP contribution in [0.5, 0.6) is 0 Å². The monoisotopic (exact) mass is 238 g/mol. The normalized spacial score (nSPS) is 21.9. The van der Waals surface area contributed by atoms with E-state index in [4.69, 9.17) is 4.74 Å². The summed E-state index contributed by atoms with van der Waals surface area (Å²) in [7, 11) is 0. The first-order valence-corrected chi connectivity index (χ1v) is 6.59. The molecule has 96 valence electrons. The quantitative estimate of drug-likeness (QED) is 0.846. The number of aromatic nitrogens is 2. The van der Waals surface area contributed by atoms with Crippen LogP contribution in [0.2, 0.25) is 0 Å². The second kappa shape index (κ2) is 5.65. The van der Waals surface area contributed by atoms with Crippen LogP contribution < -0.4 is 0 Å². The lowest BCUT2D eigenvalue weighted by molar-refractivity contribution is -0.00167. The van der Waals surface area contributed by atoms with Crippen LogP contribution in [0.25, 0.3) is 0 Å². The van der Waals surface area contributed by atoms with Crippen molar-refractivity contribution in [3.63, 3.8) is 0 Å². The van der Waals surface area contributed by atoms with Gasteiger partial charge in [0.25, 0.3) is 0 Å². The Labute approximate surface area is 103 Å². The number of aryl methyl sites for hydroxylation is 2. The molecule has 0 aliphatic carbocycles. The molecule has 0 aromatic carbocycles. The largest absolute Gasteiger partial charge is 0.390 e. The van der Waals surface area contributed by atoms with Crippen molar-refractivity contribution in [2.75, 3.05) is 6.61 Å². The predicted molar refractivity (Wildman–Crippen MR) is 66.0 cm³/mol. The fourth-order valence-electron chi connectivity index (χ4n) is 2.38. The molecule has 0 bridgehead atoms. The van der Waals surface area contributed by atoms with Gasteiger partial charge in [0.1, 0.15) is 0 Å². The topological polar surface area (TPSA) is 47.3 Å². The van der Waals surface area contributed by atoms with Crippen molar-refractivity contribution < 1.29 is 9.84 Å². The Balaban J connectivity index is 2.03. The Morgan fingerprint density at radius 3 is 3.00 bits per heavy atom. The summed E-state index contributed by atoms with van der Waals surface area (Å²) in [5.41, 5.74) is 2.22. The molecular weight excluding hydrogens is 216 g/mol. The summed E-state index contributed by atoms with van der Waals surface area (Å²) in [6.07, 6.45) is 3.24. The third-order valence-electron chi connectivity index (χ3n) is 3.39. The van der Waals surface area contributed by atoms with Gasteiger partial charge in [-0.25, -0.2) is 0 Å². The van der Waals surface area contributed by atoms with E-state index in [1.54, 1.807) is 0 Å². The summed E-state index contributed by atoms with van der Waals surface area (Å²) >= 11 is 0. The summed E-state index contributed by atoms with van der Waals surface area (Å²) in [6.45, 7) is 5.82. The van der Waals surface area contributed by atoms with Crippen LogP contribution in [-0.2, 0) is 24.1 Å². The van der Waals surface area contributed by atoms with Crippen molar-refractivity contribution in [3.8, 4) is 0 Å². The molecule has 0 amide bonds. The maximum atomic E-state index is 10.1. The lowest BCUT2D eigenvalue weighted by Gasteiger charge is -2.17. The highest BCUT2D eigenvalue weighted by Gasteiger charge is 2.25. The van der Waals surface area contributed by atoms with Crippen molar-refractivity contribution in [2.24, 2.45) is 0 Å². The van der Waals surface area contributed by atoms with Gasteiger partial charge < -0.3 is 9.84 Å². The highest BCUT2D eigenvalue weighted by molar-refractivity contribution is 5.12. The van der Waals surface area contributed by atoms with Crippen LogP contribution in [0, 0.1) is 0 Å². The van der Waals surface area contributed by atoms with Gasteiger partial charge in [-0.05, 0) is 32.3 Å². The lowest BCUT2D eigenvalue weighted by Crippen LogP contribution is -2.28. The van der Waals surface area contributed by atoms with E-state index in [2.05, 4.69) is 25.0 Å². The molecule has 1 aromatic heterocycles. The van der Waals surface area contributed by atoms with E-state index < -0.39 is 6.10 Å². The Bertz CT molecular complexity index is 356. The lowest BCUT2D eigenvalue weighted by atomic mass is 10.1. The Kier molecular flexibility index (Phi) is 4.18. The van der Waals surface area contributed by atoms with Crippen LogP contribution in [0.15, 0.2) is 6.07 Å². The summed E-state index contributed by atoms with van der Waals surface area (Å²) in [4.78, 5) is 0. The first kappa shape index (κ1) is 12.6. The molecule has 0 radical (unpaired) electrons. The molecule has 0 saturated carbocycles. The van der Waals surface area contributed by atoms with Gasteiger partial charge in [-0.1, -0.05) is 6.92 Å². The third kappa shape index (κ3) is 2.87. The van der Waals surface area contributed by atoms with Gasteiger partial charge >= 0.3 is 0 Å². The average molecular weight is 238 g/mol. The number of rotatable bonds is 5. The van der Waals surface area contributed by atoms with E-state index in [1.165, 1.54) is 0 Å². The zero-order valence-corrected chi connectivity index (χ0v) is 10.7. The van der Waals surface area contributed by atoms with Gasteiger partial charge in [-0.15, -0.1) is 0 Å². The molecular formula is C13H22N2O2. The number of aliphatic hydroxyl groups is 1. The zero-order chi connectivity index (χ0) is 12.3. The molecule has 4 heteroatoms. The summed E-state index contributed by atoms with van der Waals surface area (Å²) in [5.74, 6) is 0. The molecule has 2 unspecified atom stereocenters. The van der Waals surface area contributed by atoms with Gasteiger partial charge in [-0.3, -0.25) is 4.68 Å². The van der Waals surface area contributed by atoms with Crippen molar-refractivity contribution in [3.05, 3.63) is 17.5 Å². The van der Waals surface area contributed by atoms with Crippen molar-refractivity contribution in [1.29, 1.82) is 0 Å². The number of hydrogen-bond donors (Lipinski definition) is 1. The van der Waals surface area contributed by atoms with Crippen molar-refractivity contribution in [2.45, 2.75) is 58.3 Å². The summed E-state index contributed by atoms with van der Waals surface area (Å²) in [5, 5.41) is 14.6. The minimum Gasteiger partial charge on any atom is -0.390 e. The minimum absolute atomic E-state index is 0.0142. The highest BCUT2D eigenvalue weighted by atomic mass is 16.5. The molecule has 2 rings (SSSR count). The molecule has 17 heavy (non-hydrogen) atoms. The first-order chi connectivity index (χ1) is 8.24. The second-order valence-electron chi connectivity index (χ2n) is 4.62. The summed E-state index contributed by atoms with van der Waals surface area (Å²) < 4.78 is 7.50. The van der Waals surface area contributed by atoms with E-state index in [1.807, 2.05) is 4.68 Å². The Hall–Kier alpha value is -0.870. The van der Waals surface area contributed by atoms with Crippen LogP contribution in [0.1, 0.15) is 38.1 Å². The van der Waals surface area contributed by atoms with E-state index in [-0.39, 0.29) is 6.10 Å². The van der Waals surface area contributed by atoms with Crippen LogP contribution in [0.3, 0.4) is 0 Å². The molecule has 1 aliphatic heterocycles. The molecule has 2 atom stereocenters. The van der Waals surface area contributed by atoms with Gasteiger partial charge in [0.2, 0.25) is 0 Å². The molecule has 1 aromatic rings. The van der Waals surface area contributed by atoms with E-state index in [9.17, 15) is 5.11 Å². The van der Waals surface area contributed by atoms with Crippen LogP contribution in [-0.4, -0.2) is 33.7 Å². The Morgan fingerprint density at radius 1 is 1.59 bits per heavy atom. The van der Waals surface area contributed by atoms with Gasteiger partial charge in [0.05, 0.1) is 17.9 Å². The van der Waals surface area contributed by atoms with Crippen molar-refractivity contribution in [1.82, 2.24) is 9.78 Å². The number of aliphatic hydroxyl groups excluding tert-OH is 1. The molecule has 2 heterocycles. The van der Waals surface area contributed by atoms with Crippen LogP contribution >= 0.6 is 0 Å². The van der Waals surface area contributed by atoms with E-state index in [0.717, 1.165) is 43.8 Å². The van der Waals surface area contributed by atoms with E-state index >= 15 is 0 Å². The molecule has 0 spiro atoms. The van der Waals surface area contributed by atoms with E-state index in [0.29, 0.717) is 6.42 Å². The fourth-order valence-corrected chi connectivity index (χ4v) is 2.38.